The van der Waals surface area contributed by atoms with Gasteiger partial charge in [-0.3, -0.25) is 9.69 Å². The summed E-state index contributed by atoms with van der Waals surface area (Å²) >= 11 is 1.32. The lowest BCUT2D eigenvalue weighted by molar-refractivity contribution is -0.139. The average Bonchev–Trinajstić information content (AvgIpc) is 3.20. The van der Waals surface area contributed by atoms with Crippen LogP contribution in [0.3, 0.4) is 0 Å². The Morgan fingerprint density at radius 1 is 1.14 bits per heavy atom. The van der Waals surface area contributed by atoms with Crippen molar-refractivity contribution in [3.8, 4) is 5.75 Å². The molecule has 148 valence electrons. The van der Waals surface area contributed by atoms with Crippen LogP contribution in [-0.2, 0) is 20.9 Å². The second-order valence-corrected chi connectivity index (χ2v) is 6.87. The van der Waals surface area contributed by atoms with Crippen LogP contribution in [0.1, 0.15) is 18.2 Å². The molecule has 3 rings (SSSR count). The summed E-state index contributed by atoms with van der Waals surface area (Å²) in [7, 11) is 1.59. The van der Waals surface area contributed by atoms with Crippen molar-refractivity contribution in [1.29, 1.82) is 0 Å². The van der Waals surface area contributed by atoms with Crippen LogP contribution < -0.4 is 9.64 Å². The van der Waals surface area contributed by atoms with Crippen LogP contribution in [0.5, 0.6) is 5.75 Å². The first-order chi connectivity index (χ1) is 14.1. The van der Waals surface area contributed by atoms with Gasteiger partial charge in [-0.05, 0) is 35.9 Å². The molecule has 6 nitrogen and oxygen atoms in total. The number of ether oxygens (including phenoxy) is 2. The van der Waals surface area contributed by atoms with Gasteiger partial charge in [0.15, 0.2) is 5.13 Å². The van der Waals surface area contributed by atoms with E-state index < -0.39 is 5.97 Å². The number of amides is 1. The Bertz CT molecular complexity index is 1010. The lowest BCUT2D eigenvalue weighted by Gasteiger charge is -2.17. The molecule has 2 aromatic carbocycles. The van der Waals surface area contributed by atoms with E-state index in [9.17, 15) is 9.59 Å². The molecule has 1 aromatic heterocycles. The third-order valence-corrected chi connectivity index (χ3v) is 4.80. The van der Waals surface area contributed by atoms with Crippen molar-refractivity contribution in [2.24, 2.45) is 0 Å². The fourth-order valence-electron chi connectivity index (χ4n) is 2.57. The summed E-state index contributed by atoms with van der Waals surface area (Å²) in [5, 5.41) is 2.30. The van der Waals surface area contributed by atoms with Gasteiger partial charge in [0.25, 0.3) is 0 Å². The Kier molecular flexibility index (Phi) is 6.76. The highest BCUT2D eigenvalue weighted by Gasteiger charge is 2.17. The number of rotatable bonds is 7. The molecule has 0 aliphatic carbocycles. The molecule has 0 radical (unpaired) electrons. The van der Waals surface area contributed by atoms with E-state index in [2.05, 4.69) is 4.98 Å². The predicted molar refractivity (Wildman–Crippen MR) is 113 cm³/mol. The Labute approximate surface area is 173 Å². The number of carbonyl (C=O) groups is 2. The second kappa shape index (κ2) is 9.66. The van der Waals surface area contributed by atoms with Crippen molar-refractivity contribution < 1.29 is 19.1 Å². The molecule has 7 heteroatoms. The van der Waals surface area contributed by atoms with Gasteiger partial charge in [-0.15, -0.1) is 11.3 Å². The van der Waals surface area contributed by atoms with E-state index in [4.69, 9.17) is 9.47 Å². The van der Waals surface area contributed by atoms with Crippen LogP contribution in [0, 0.1) is 0 Å². The first-order valence-corrected chi connectivity index (χ1v) is 9.74. The number of hydrogen-bond acceptors (Lipinski definition) is 6. The summed E-state index contributed by atoms with van der Waals surface area (Å²) in [6, 6.07) is 16.6. The summed E-state index contributed by atoms with van der Waals surface area (Å²) < 4.78 is 10.4. The number of thiazole rings is 1. The molecule has 3 aromatic rings. The van der Waals surface area contributed by atoms with Gasteiger partial charge in [-0.2, -0.15) is 0 Å². The molecular weight excluding hydrogens is 388 g/mol. The van der Waals surface area contributed by atoms with Gasteiger partial charge in [0.1, 0.15) is 12.4 Å². The zero-order chi connectivity index (χ0) is 20.6. The molecule has 0 fully saturated rings. The van der Waals surface area contributed by atoms with E-state index in [0.29, 0.717) is 16.6 Å². The van der Waals surface area contributed by atoms with E-state index in [1.54, 1.807) is 18.6 Å². The fraction of sp³-hybridized carbons (Fsp3) is 0.136. The number of esters is 1. The Balaban J connectivity index is 1.61. The van der Waals surface area contributed by atoms with Crippen LogP contribution >= 0.6 is 11.3 Å². The maximum absolute atomic E-state index is 12.1. The molecule has 0 aliphatic heterocycles. The minimum atomic E-state index is -0.478. The van der Waals surface area contributed by atoms with Gasteiger partial charge >= 0.3 is 5.97 Å². The lowest BCUT2D eigenvalue weighted by Crippen LogP contribution is -2.22. The first-order valence-electron chi connectivity index (χ1n) is 8.86. The molecule has 29 heavy (non-hydrogen) atoms. The number of anilines is 2. The van der Waals surface area contributed by atoms with Crippen molar-refractivity contribution in [3.05, 3.63) is 77.3 Å². The molecule has 0 spiro atoms. The Morgan fingerprint density at radius 3 is 2.66 bits per heavy atom. The zero-order valence-corrected chi connectivity index (χ0v) is 16.9. The van der Waals surface area contributed by atoms with Gasteiger partial charge in [-0.25, -0.2) is 9.78 Å². The molecule has 0 aliphatic rings. The molecule has 0 bridgehead atoms. The van der Waals surface area contributed by atoms with E-state index >= 15 is 0 Å². The topological polar surface area (TPSA) is 68.7 Å². The number of aromatic nitrogens is 1. The molecule has 1 amide bonds. The molecule has 0 N–H and O–H groups in total. The van der Waals surface area contributed by atoms with Crippen molar-refractivity contribution in [3.63, 3.8) is 0 Å². The maximum atomic E-state index is 12.1. The number of methoxy groups -OCH3 is 1. The summed E-state index contributed by atoms with van der Waals surface area (Å²) in [4.78, 5) is 30.0. The summed E-state index contributed by atoms with van der Waals surface area (Å²) in [5.41, 5.74) is 2.15. The van der Waals surface area contributed by atoms with E-state index in [0.717, 1.165) is 11.3 Å². The lowest BCUT2D eigenvalue weighted by atomic mass is 10.2. The highest BCUT2D eigenvalue weighted by atomic mass is 32.1. The smallest absolute Gasteiger partial charge is 0.331 e. The minimum absolute atomic E-state index is 0.0261. The van der Waals surface area contributed by atoms with Crippen LogP contribution in [0.15, 0.2) is 66.1 Å². The maximum Gasteiger partial charge on any atom is 0.331 e. The van der Waals surface area contributed by atoms with Crippen molar-refractivity contribution in [2.75, 3.05) is 12.0 Å². The largest absolute Gasteiger partial charge is 0.497 e. The third-order valence-electron chi connectivity index (χ3n) is 3.93. The standard InChI is InChI=1S/C22H20N2O4S/c1-16(25)24(19-8-4-3-5-9-19)22-23-18(15-29-22)14-28-21(26)12-11-17-7-6-10-20(13-17)27-2/h3-13,15H,14H2,1-2H3/b12-11+. The van der Waals surface area contributed by atoms with E-state index in [1.807, 2.05) is 54.6 Å². The highest BCUT2D eigenvalue weighted by molar-refractivity contribution is 7.14. The van der Waals surface area contributed by atoms with Crippen LogP contribution in [0.25, 0.3) is 6.08 Å². The Hall–Kier alpha value is -3.45. The van der Waals surface area contributed by atoms with Gasteiger partial charge in [-0.1, -0.05) is 30.3 Å². The quantitative estimate of drug-likeness (QED) is 0.422. The highest BCUT2D eigenvalue weighted by Crippen LogP contribution is 2.28. The summed E-state index contributed by atoms with van der Waals surface area (Å²) in [6.07, 6.45) is 3.01. The summed E-state index contributed by atoms with van der Waals surface area (Å²) in [5.74, 6) is 0.0909. The Morgan fingerprint density at radius 2 is 1.93 bits per heavy atom. The molecule has 0 saturated carbocycles. The summed E-state index contributed by atoms with van der Waals surface area (Å²) in [6.45, 7) is 1.51. The van der Waals surface area contributed by atoms with Gasteiger partial charge < -0.3 is 9.47 Å². The van der Waals surface area contributed by atoms with Crippen LogP contribution in [0.2, 0.25) is 0 Å². The van der Waals surface area contributed by atoms with Crippen molar-refractivity contribution in [2.45, 2.75) is 13.5 Å². The first kappa shape index (κ1) is 20.3. The number of benzene rings is 2. The van der Waals surface area contributed by atoms with Crippen LogP contribution in [-0.4, -0.2) is 24.0 Å². The normalized spacial score (nSPS) is 10.7. The number of para-hydroxylation sites is 1. The minimum Gasteiger partial charge on any atom is -0.497 e. The van der Waals surface area contributed by atoms with Gasteiger partial charge in [0, 0.05) is 18.4 Å². The second-order valence-electron chi connectivity index (χ2n) is 6.03. The molecule has 1 heterocycles. The monoisotopic (exact) mass is 408 g/mol. The van der Waals surface area contributed by atoms with E-state index in [-0.39, 0.29) is 12.5 Å². The van der Waals surface area contributed by atoms with E-state index in [1.165, 1.54) is 29.2 Å². The van der Waals surface area contributed by atoms with Crippen molar-refractivity contribution in [1.82, 2.24) is 4.98 Å². The third kappa shape index (κ3) is 5.52. The predicted octanol–water partition coefficient (Wildman–Crippen LogP) is 4.59. The van der Waals surface area contributed by atoms with Crippen molar-refractivity contribution >= 4 is 40.1 Å². The average molecular weight is 408 g/mol. The number of nitrogens with zero attached hydrogens (tertiary/aromatic N) is 2. The van der Waals surface area contributed by atoms with Crippen LogP contribution in [0.4, 0.5) is 10.8 Å². The number of hydrogen-bond donors (Lipinski definition) is 0. The molecule has 0 unspecified atom stereocenters. The molecule has 0 saturated heterocycles. The zero-order valence-electron chi connectivity index (χ0n) is 16.1. The fourth-order valence-corrected chi connectivity index (χ4v) is 3.44. The molecular formula is C22H20N2O4S. The molecule has 0 atom stereocenters. The SMILES string of the molecule is COc1cccc(/C=C/C(=O)OCc2csc(N(C(C)=O)c3ccccc3)n2)c1. The number of carbonyl (C=O) groups excluding carboxylic acids is 2. The van der Waals surface area contributed by atoms with Gasteiger partial charge in [0.05, 0.1) is 18.5 Å². The van der Waals surface area contributed by atoms with Gasteiger partial charge in [0.2, 0.25) is 5.91 Å².